The lowest BCUT2D eigenvalue weighted by atomic mass is 10.2. The molecular weight excluding hydrogens is 318 g/mol. The van der Waals surface area contributed by atoms with Crippen molar-refractivity contribution in [2.24, 2.45) is 0 Å². The molecule has 25 heavy (non-hydrogen) atoms. The van der Waals surface area contributed by atoms with E-state index in [1.165, 1.54) is 16.0 Å². The molecule has 0 aliphatic carbocycles. The largest absolute Gasteiger partial charge is 0.506 e. The van der Waals surface area contributed by atoms with Crippen molar-refractivity contribution < 1.29 is 5.11 Å². The van der Waals surface area contributed by atoms with Gasteiger partial charge in [0.15, 0.2) is 0 Å². The normalized spacial score (nSPS) is 11.4. The molecule has 0 bridgehead atoms. The van der Waals surface area contributed by atoms with Crippen molar-refractivity contribution in [3.63, 3.8) is 0 Å². The average Bonchev–Trinajstić information content (AvgIpc) is 3.01. The molecule has 6 nitrogen and oxygen atoms in total. The van der Waals surface area contributed by atoms with Gasteiger partial charge < -0.3 is 9.67 Å². The Bertz CT molecular complexity index is 1180. The molecule has 126 valence electrons. The number of hydrogen-bond donors (Lipinski definition) is 2. The van der Waals surface area contributed by atoms with E-state index >= 15 is 0 Å². The Morgan fingerprint density at radius 1 is 0.960 bits per heavy atom. The van der Waals surface area contributed by atoms with Gasteiger partial charge in [-0.25, -0.2) is 4.79 Å². The summed E-state index contributed by atoms with van der Waals surface area (Å²) < 4.78 is 3.56. The van der Waals surface area contributed by atoms with Crippen molar-refractivity contribution in [1.82, 2.24) is 14.1 Å². The molecule has 4 aromatic rings. The van der Waals surface area contributed by atoms with Crippen molar-refractivity contribution >= 4 is 21.8 Å². The van der Waals surface area contributed by atoms with E-state index in [1.807, 2.05) is 18.3 Å². The van der Waals surface area contributed by atoms with Crippen LogP contribution in [0.15, 0.2) is 64.3 Å². The number of para-hydroxylation sites is 2. The summed E-state index contributed by atoms with van der Waals surface area (Å²) in [5.74, 6) is -0.0629. The number of nitrogens with zero attached hydrogens (tertiary/aromatic N) is 2. The summed E-state index contributed by atoms with van der Waals surface area (Å²) in [6.07, 6.45) is 2.71. The van der Waals surface area contributed by atoms with Crippen LogP contribution in [0, 0.1) is 0 Å². The zero-order chi connectivity index (χ0) is 17.4. The van der Waals surface area contributed by atoms with Crippen LogP contribution in [-0.2, 0) is 13.1 Å². The van der Waals surface area contributed by atoms with Crippen LogP contribution in [-0.4, -0.2) is 19.2 Å². The van der Waals surface area contributed by atoms with Crippen molar-refractivity contribution in [3.8, 4) is 5.75 Å². The highest BCUT2D eigenvalue weighted by Crippen LogP contribution is 2.21. The first-order valence-electron chi connectivity index (χ1n) is 8.14. The summed E-state index contributed by atoms with van der Waals surface area (Å²) in [6.45, 7) is 1.13. The van der Waals surface area contributed by atoms with E-state index in [4.69, 9.17) is 0 Å². The minimum atomic E-state index is -0.503. The number of aromatic hydroxyl groups is 1. The number of nitrogens with one attached hydrogen (secondary N) is 1. The summed E-state index contributed by atoms with van der Waals surface area (Å²) in [4.78, 5) is 26.4. The van der Waals surface area contributed by atoms with Crippen molar-refractivity contribution in [3.05, 3.63) is 75.6 Å². The minimum absolute atomic E-state index is 0.0629. The topological polar surface area (TPSA) is 80.0 Å². The maximum Gasteiger partial charge on any atom is 0.328 e. The SMILES string of the molecule is O=c1[nH]c(=O)n(CCCn2ccc3ccccc32)c2c(O)cccc12. The Morgan fingerprint density at radius 3 is 2.68 bits per heavy atom. The van der Waals surface area contributed by atoms with Gasteiger partial charge in [0.05, 0.1) is 5.39 Å². The third-order valence-corrected chi connectivity index (χ3v) is 4.46. The Hall–Kier alpha value is -3.28. The number of fused-ring (bicyclic) bond motifs is 2. The average molecular weight is 335 g/mol. The zero-order valence-corrected chi connectivity index (χ0v) is 13.5. The number of benzene rings is 2. The van der Waals surface area contributed by atoms with Gasteiger partial charge in [0.1, 0.15) is 11.3 Å². The number of phenols is 1. The van der Waals surface area contributed by atoms with Gasteiger partial charge in [0, 0.05) is 24.8 Å². The van der Waals surface area contributed by atoms with Gasteiger partial charge in [0.2, 0.25) is 0 Å². The van der Waals surface area contributed by atoms with Crippen LogP contribution in [0.25, 0.3) is 21.8 Å². The Morgan fingerprint density at radius 2 is 1.80 bits per heavy atom. The fourth-order valence-electron chi connectivity index (χ4n) is 3.28. The highest BCUT2D eigenvalue weighted by molar-refractivity contribution is 5.83. The third kappa shape index (κ3) is 2.61. The Balaban J connectivity index is 1.65. The van der Waals surface area contributed by atoms with Crippen LogP contribution >= 0.6 is 0 Å². The molecular formula is C19H17N3O3. The molecule has 2 aromatic heterocycles. The first kappa shape index (κ1) is 15.3. The van der Waals surface area contributed by atoms with Gasteiger partial charge in [-0.15, -0.1) is 0 Å². The predicted octanol–water partition coefficient (Wildman–Crippen LogP) is 2.44. The van der Waals surface area contributed by atoms with Crippen molar-refractivity contribution in [2.45, 2.75) is 19.5 Å². The summed E-state index contributed by atoms with van der Waals surface area (Å²) in [6, 6.07) is 14.8. The molecule has 0 fully saturated rings. The van der Waals surface area contributed by atoms with Crippen LogP contribution in [0.1, 0.15) is 6.42 Å². The second kappa shape index (κ2) is 5.98. The second-order valence-corrected chi connectivity index (χ2v) is 6.01. The van der Waals surface area contributed by atoms with E-state index in [0.29, 0.717) is 18.4 Å². The fourth-order valence-corrected chi connectivity index (χ4v) is 3.28. The molecule has 0 aliphatic heterocycles. The van der Waals surface area contributed by atoms with E-state index in [1.54, 1.807) is 12.1 Å². The summed E-state index contributed by atoms with van der Waals surface area (Å²) in [5.41, 5.74) is 0.442. The molecule has 2 heterocycles. The molecule has 0 atom stereocenters. The van der Waals surface area contributed by atoms with Gasteiger partial charge in [-0.3, -0.25) is 14.3 Å². The molecule has 2 N–H and O–H groups in total. The molecule has 6 heteroatoms. The van der Waals surface area contributed by atoms with E-state index in [9.17, 15) is 14.7 Å². The molecule has 0 aliphatic rings. The fraction of sp³-hybridized carbons (Fsp3) is 0.158. The zero-order valence-electron chi connectivity index (χ0n) is 13.5. The number of aromatic nitrogens is 3. The molecule has 0 radical (unpaired) electrons. The number of hydrogen-bond acceptors (Lipinski definition) is 3. The predicted molar refractivity (Wildman–Crippen MR) is 97.0 cm³/mol. The van der Waals surface area contributed by atoms with Crippen LogP contribution in [0.4, 0.5) is 0 Å². The van der Waals surface area contributed by atoms with Gasteiger partial charge in [-0.2, -0.15) is 0 Å². The number of rotatable bonds is 4. The summed E-state index contributed by atoms with van der Waals surface area (Å²) in [7, 11) is 0. The number of aromatic amines is 1. The maximum atomic E-state index is 12.2. The summed E-state index contributed by atoms with van der Waals surface area (Å²) >= 11 is 0. The lowest BCUT2D eigenvalue weighted by Gasteiger charge is -2.11. The third-order valence-electron chi connectivity index (χ3n) is 4.46. The molecule has 0 spiro atoms. The number of phenolic OH excluding ortho intramolecular Hbond substituents is 1. The Labute approximate surface area is 142 Å². The molecule has 4 rings (SSSR count). The molecule has 0 saturated carbocycles. The lowest BCUT2D eigenvalue weighted by molar-refractivity contribution is 0.473. The van der Waals surface area contributed by atoms with E-state index in [-0.39, 0.29) is 11.3 Å². The van der Waals surface area contributed by atoms with Crippen molar-refractivity contribution in [1.29, 1.82) is 0 Å². The molecule has 0 unspecified atom stereocenters. The summed E-state index contributed by atoms with van der Waals surface area (Å²) in [5, 5.41) is 11.6. The van der Waals surface area contributed by atoms with Crippen LogP contribution in [0.2, 0.25) is 0 Å². The maximum absolute atomic E-state index is 12.2. The van der Waals surface area contributed by atoms with Gasteiger partial charge in [0.25, 0.3) is 5.56 Å². The van der Waals surface area contributed by atoms with Gasteiger partial charge >= 0.3 is 5.69 Å². The quantitative estimate of drug-likeness (QED) is 0.601. The van der Waals surface area contributed by atoms with Crippen LogP contribution in [0.5, 0.6) is 5.75 Å². The number of aryl methyl sites for hydroxylation is 2. The standard InChI is InChI=1S/C19H17N3O3/c23-16-8-3-6-14-17(16)22(19(25)20-18(14)24)11-4-10-21-12-9-13-5-1-2-7-15(13)21/h1-3,5-9,12,23H,4,10-11H2,(H,20,24,25). The van der Waals surface area contributed by atoms with Crippen LogP contribution in [0.3, 0.4) is 0 Å². The molecule has 2 aromatic carbocycles. The van der Waals surface area contributed by atoms with Gasteiger partial charge in [-0.05, 0) is 36.1 Å². The van der Waals surface area contributed by atoms with E-state index in [2.05, 4.69) is 27.8 Å². The second-order valence-electron chi connectivity index (χ2n) is 6.01. The monoisotopic (exact) mass is 335 g/mol. The van der Waals surface area contributed by atoms with Crippen LogP contribution < -0.4 is 11.2 Å². The molecule has 0 amide bonds. The first-order valence-corrected chi connectivity index (χ1v) is 8.14. The highest BCUT2D eigenvalue weighted by Gasteiger charge is 2.11. The highest BCUT2D eigenvalue weighted by atomic mass is 16.3. The van der Waals surface area contributed by atoms with E-state index in [0.717, 1.165) is 12.1 Å². The van der Waals surface area contributed by atoms with E-state index < -0.39 is 11.2 Å². The molecule has 0 saturated heterocycles. The lowest BCUT2D eigenvalue weighted by Crippen LogP contribution is -2.30. The van der Waals surface area contributed by atoms with Gasteiger partial charge in [-0.1, -0.05) is 24.3 Å². The minimum Gasteiger partial charge on any atom is -0.506 e. The van der Waals surface area contributed by atoms with Crippen molar-refractivity contribution in [2.75, 3.05) is 0 Å². The Kier molecular flexibility index (Phi) is 3.65. The number of H-pyrrole nitrogens is 1. The first-order chi connectivity index (χ1) is 12.1. The smallest absolute Gasteiger partial charge is 0.328 e.